The summed E-state index contributed by atoms with van der Waals surface area (Å²) in [5.74, 6) is -4.07. The number of rotatable bonds is 11. The number of carbonyl (C=O) groups is 6. The fourth-order valence-electron chi connectivity index (χ4n) is 4.61. The number of hydrogen-bond donors (Lipinski definition) is 5. The van der Waals surface area contributed by atoms with Crippen LogP contribution in [-0.4, -0.2) is 70.4 Å². The second-order valence-corrected chi connectivity index (χ2v) is 10.1. The van der Waals surface area contributed by atoms with Gasteiger partial charge in [0.25, 0.3) is 5.91 Å². The molecular formula is C31H31N5O8. The molecule has 13 nitrogen and oxygen atoms in total. The molecule has 5 amide bonds. The molecule has 1 aliphatic heterocycles. The number of fused-ring (bicyclic) bond motifs is 1. The molecule has 44 heavy (non-hydrogen) atoms. The van der Waals surface area contributed by atoms with Crippen LogP contribution in [0.4, 0.5) is 27.5 Å². The fraction of sp³-hybridized carbons (Fsp3) is 0.226. The number of para-hydroxylation sites is 1. The smallest absolute Gasteiger partial charge is 0.323 e. The topological polar surface area (TPSA) is 185 Å². The summed E-state index contributed by atoms with van der Waals surface area (Å²) in [5, 5.41) is 26.4. The lowest BCUT2D eigenvalue weighted by molar-refractivity contribution is -0.138. The molecule has 13 heteroatoms. The normalized spacial score (nSPS) is 12.7. The van der Waals surface area contributed by atoms with E-state index in [-0.39, 0.29) is 43.7 Å². The molecule has 0 atom stereocenters. The first-order valence-electron chi connectivity index (χ1n) is 13.7. The van der Waals surface area contributed by atoms with Crippen molar-refractivity contribution in [1.29, 1.82) is 0 Å². The summed E-state index contributed by atoms with van der Waals surface area (Å²) < 4.78 is 0. The van der Waals surface area contributed by atoms with Crippen molar-refractivity contribution >= 4 is 58.4 Å². The van der Waals surface area contributed by atoms with E-state index in [1.54, 1.807) is 30.3 Å². The van der Waals surface area contributed by atoms with Crippen LogP contribution >= 0.6 is 0 Å². The second kappa shape index (κ2) is 14.0. The molecule has 3 aromatic carbocycles. The van der Waals surface area contributed by atoms with Crippen LogP contribution in [-0.2, 0) is 25.6 Å². The van der Waals surface area contributed by atoms with Gasteiger partial charge in [-0.3, -0.25) is 28.9 Å². The Bertz CT molecular complexity index is 1600. The molecule has 0 unspecified atom stereocenters. The zero-order valence-electron chi connectivity index (χ0n) is 23.8. The molecule has 0 aliphatic carbocycles. The molecule has 0 saturated heterocycles. The molecule has 3 aromatic rings. The van der Waals surface area contributed by atoms with Gasteiger partial charge in [0, 0.05) is 30.2 Å². The van der Waals surface area contributed by atoms with Gasteiger partial charge in [-0.05, 0) is 54.4 Å². The molecule has 1 heterocycles. The number of carboxylic acid groups (broad SMARTS) is 2. The Labute approximate surface area is 252 Å². The molecule has 228 valence electrons. The predicted molar refractivity (Wildman–Crippen MR) is 162 cm³/mol. The molecule has 0 bridgehead atoms. The average Bonchev–Trinajstić information content (AvgIpc) is 3.06. The van der Waals surface area contributed by atoms with Crippen LogP contribution in [0, 0.1) is 6.92 Å². The molecule has 0 fully saturated rings. The lowest BCUT2D eigenvalue weighted by Gasteiger charge is -2.23. The summed E-state index contributed by atoms with van der Waals surface area (Å²) in [6.07, 6.45) is -0.765. The van der Waals surface area contributed by atoms with Gasteiger partial charge in [0.1, 0.15) is 0 Å². The maximum absolute atomic E-state index is 13.3. The van der Waals surface area contributed by atoms with Gasteiger partial charge in [0.15, 0.2) is 0 Å². The number of imide groups is 1. The summed E-state index contributed by atoms with van der Waals surface area (Å²) in [6, 6.07) is 18.1. The number of urea groups is 1. The first-order chi connectivity index (χ1) is 21.0. The van der Waals surface area contributed by atoms with Crippen molar-refractivity contribution in [1.82, 2.24) is 4.90 Å². The first-order valence-corrected chi connectivity index (χ1v) is 13.7. The van der Waals surface area contributed by atoms with Gasteiger partial charge < -0.3 is 31.1 Å². The number of carboxylic acids is 2. The van der Waals surface area contributed by atoms with Crippen molar-refractivity contribution in [2.24, 2.45) is 0 Å². The van der Waals surface area contributed by atoms with Crippen LogP contribution in [0.15, 0.2) is 66.7 Å². The zero-order valence-corrected chi connectivity index (χ0v) is 23.8. The quantitative estimate of drug-likeness (QED) is 0.205. The lowest BCUT2D eigenvalue weighted by atomic mass is 10.1. The van der Waals surface area contributed by atoms with E-state index < -0.39 is 42.1 Å². The summed E-state index contributed by atoms with van der Waals surface area (Å²) in [4.78, 5) is 75.9. The number of carbonyl (C=O) groups excluding carboxylic acids is 4. The molecule has 4 rings (SSSR count). The Morgan fingerprint density at radius 2 is 1.45 bits per heavy atom. The number of hydrogen-bond acceptors (Lipinski definition) is 7. The van der Waals surface area contributed by atoms with Gasteiger partial charge in [0.05, 0.1) is 37.1 Å². The van der Waals surface area contributed by atoms with E-state index in [0.717, 1.165) is 10.5 Å². The maximum Gasteiger partial charge on any atom is 0.323 e. The van der Waals surface area contributed by atoms with Gasteiger partial charge in [-0.1, -0.05) is 30.3 Å². The molecule has 5 N–H and O–H groups in total. The van der Waals surface area contributed by atoms with Crippen LogP contribution in [0.5, 0.6) is 0 Å². The molecule has 1 aliphatic rings. The van der Waals surface area contributed by atoms with E-state index in [2.05, 4.69) is 16.0 Å². The number of amides is 5. The summed E-state index contributed by atoms with van der Waals surface area (Å²) >= 11 is 0. The monoisotopic (exact) mass is 601 g/mol. The highest BCUT2D eigenvalue weighted by molar-refractivity contribution is 6.12. The van der Waals surface area contributed by atoms with Crippen molar-refractivity contribution in [2.45, 2.75) is 26.2 Å². The minimum atomic E-state index is -1.19. The third-order valence-corrected chi connectivity index (χ3v) is 6.84. The van der Waals surface area contributed by atoms with Crippen LogP contribution in [0.3, 0.4) is 0 Å². The molecule has 0 saturated carbocycles. The van der Waals surface area contributed by atoms with Crippen LogP contribution in [0.1, 0.15) is 34.3 Å². The van der Waals surface area contributed by atoms with Crippen molar-refractivity contribution in [2.75, 3.05) is 40.5 Å². The molecule has 0 radical (unpaired) electrons. The third kappa shape index (κ3) is 8.18. The number of nitrogens with one attached hydrogen (secondary N) is 3. The number of nitrogens with zero attached hydrogens (tertiary/aromatic N) is 2. The summed E-state index contributed by atoms with van der Waals surface area (Å²) in [6.45, 7) is 1.16. The highest BCUT2D eigenvalue weighted by Gasteiger charge is 2.32. The zero-order chi connectivity index (χ0) is 31.8. The van der Waals surface area contributed by atoms with E-state index in [1.807, 2.05) is 25.1 Å². The molecular weight excluding hydrogens is 570 g/mol. The average molecular weight is 602 g/mol. The Balaban J connectivity index is 1.43. The van der Waals surface area contributed by atoms with Gasteiger partial charge >= 0.3 is 18.0 Å². The van der Waals surface area contributed by atoms with Crippen LogP contribution in [0.2, 0.25) is 0 Å². The van der Waals surface area contributed by atoms with Crippen LogP contribution < -0.4 is 20.9 Å². The van der Waals surface area contributed by atoms with Gasteiger partial charge in [-0.2, -0.15) is 0 Å². The summed E-state index contributed by atoms with van der Waals surface area (Å²) in [5.41, 5.74) is 3.38. The van der Waals surface area contributed by atoms with E-state index in [1.165, 1.54) is 23.1 Å². The Hall–Kier alpha value is -5.72. The maximum atomic E-state index is 13.3. The van der Waals surface area contributed by atoms with Gasteiger partial charge in [0.2, 0.25) is 11.8 Å². The van der Waals surface area contributed by atoms with E-state index >= 15 is 0 Å². The van der Waals surface area contributed by atoms with E-state index in [0.29, 0.717) is 22.6 Å². The van der Waals surface area contributed by atoms with Crippen molar-refractivity contribution in [3.05, 3.63) is 83.4 Å². The number of benzene rings is 3. The van der Waals surface area contributed by atoms with Crippen molar-refractivity contribution in [3.8, 4) is 0 Å². The summed E-state index contributed by atoms with van der Waals surface area (Å²) in [7, 11) is 0. The van der Waals surface area contributed by atoms with Crippen LogP contribution in [0.25, 0.3) is 0 Å². The fourth-order valence-corrected chi connectivity index (χ4v) is 4.61. The van der Waals surface area contributed by atoms with Crippen molar-refractivity contribution < 1.29 is 39.0 Å². The van der Waals surface area contributed by atoms with Crippen molar-refractivity contribution in [3.63, 3.8) is 0 Å². The largest absolute Gasteiger partial charge is 0.481 e. The number of aliphatic carboxylic acids is 2. The minimum absolute atomic E-state index is 0.0192. The standard InChI is InChI=1S/C31H31N5O8/c1-19-4-2-3-5-24(19)34-31(44)33-21-8-6-20(7-9-21)16-26(37)32-22-10-11-25-23(17-22)30(43)36(15-13-29(41)42)27(38)18-35(25)14-12-28(39)40/h2-11,17H,12-16,18H2,1H3,(H,32,37)(H,39,40)(H,41,42)(H2,33,34,44). The van der Waals surface area contributed by atoms with E-state index in [4.69, 9.17) is 10.2 Å². The lowest BCUT2D eigenvalue weighted by Crippen LogP contribution is -2.41. The highest BCUT2D eigenvalue weighted by atomic mass is 16.4. The highest BCUT2D eigenvalue weighted by Crippen LogP contribution is 2.29. The Kier molecular flexibility index (Phi) is 9.91. The number of aryl methyl sites for hydroxylation is 1. The number of anilines is 4. The molecule has 0 spiro atoms. The first kappa shape index (κ1) is 31.2. The molecule has 0 aromatic heterocycles. The predicted octanol–water partition coefficient (Wildman–Crippen LogP) is 3.56. The minimum Gasteiger partial charge on any atom is -0.481 e. The van der Waals surface area contributed by atoms with E-state index in [9.17, 15) is 28.8 Å². The Morgan fingerprint density at radius 3 is 2.14 bits per heavy atom. The van der Waals surface area contributed by atoms with Gasteiger partial charge in [-0.15, -0.1) is 0 Å². The van der Waals surface area contributed by atoms with Gasteiger partial charge in [-0.25, -0.2) is 4.79 Å². The Morgan fingerprint density at radius 1 is 0.795 bits per heavy atom. The second-order valence-electron chi connectivity index (χ2n) is 10.1. The SMILES string of the molecule is Cc1ccccc1NC(=O)Nc1ccc(CC(=O)Nc2ccc3c(c2)C(=O)N(CCC(=O)O)C(=O)CN3CCC(=O)O)cc1. The third-order valence-electron chi connectivity index (χ3n) is 6.84.